The number of aromatic nitrogens is 4. The van der Waals surface area contributed by atoms with Crippen LogP contribution >= 0.6 is 23.1 Å². The quantitative estimate of drug-likeness (QED) is 0.270. The number of anilines is 1. The number of nitrogens with one attached hydrogen (secondary N) is 1. The predicted octanol–water partition coefficient (Wildman–Crippen LogP) is 5.85. The van der Waals surface area contributed by atoms with E-state index in [1.165, 1.54) is 35.2 Å². The molecule has 6 nitrogen and oxygen atoms in total. The highest BCUT2D eigenvalue weighted by Gasteiger charge is 2.17. The summed E-state index contributed by atoms with van der Waals surface area (Å²) in [5.74, 6) is 0.432. The molecule has 0 aliphatic rings. The van der Waals surface area contributed by atoms with Crippen molar-refractivity contribution in [1.82, 2.24) is 19.7 Å². The van der Waals surface area contributed by atoms with Crippen LogP contribution in [0.4, 0.5) is 9.52 Å². The van der Waals surface area contributed by atoms with E-state index >= 15 is 0 Å². The lowest BCUT2D eigenvalue weighted by Gasteiger charge is -2.10. The summed E-state index contributed by atoms with van der Waals surface area (Å²) in [6.45, 7) is 0. The molecule has 3 aromatic carbocycles. The number of halogens is 1. The molecule has 0 bridgehead atoms. The Morgan fingerprint density at radius 2 is 1.66 bits per heavy atom. The lowest BCUT2D eigenvalue weighted by molar-refractivity contribution is -0.113. The zero-order valence-electron chi connectivity index (χ0n) is 18.5. The zero-order chi connectivity index (χ0) is 24.0. The second-order valence-electron chi connectivity index (χ2n) is 7.61. The average molecular weight is 502 g/mol. The fraction of sp³-hybridized carbons (Fsp3) is 0.0769. The fourth-order valence-corrected chi connectivity index (χ4v) is 5.10. The van der Waals surface area contributed by atoms with Crippen LogP contribution in [0, 0.1) is 5.82 Å². The van der Waals surface area contributed by atoms with Gasteiger partial charge in [-0.1, -0.05) is 72.4 Å². The minimum Gasteiger partial charge on any atom is -0.301 e. The topological polar surface area (TPSA) is 72.7 Å². The minimum absolute atomic E-state index is 0.159. The Kier molecular flexibility index (Phi) is 6.97. The largest absolute Gasteiger partial charge is 0.301 e. The van der Waals surface area contributed by atoms with E-state index in [0.29, 0.717) is 22.5 Å². The summed E-state index contributed by atoms with van der Waals surface area (Å²) >= 11 is 2.72. The van der Waals surface area contributed by atoms with Gasteiger partial charge in [-0.15, -0.1) is 21.5 Å². The van der Waals surface area contributed by atoms with E-state index < -0.39 is 0 Å². The third-order valence-electron chi connectivity index (χ3n) is 5.10. The van der Waals surface area contributed by atoms with Crippen LogP contribution in [0.3, 0.4) is 0 Å². The third-order valence-corrected chi connectivity index (χ3v) is 6.95. The summed E-state index contributed by atoms with van der Waals surface area (Å²) in [6, 6.07) is 26.0. The Bertz CT molecular complexity index is 1420. The number of thiazole rings is 1. The van der Waals surface area contributed by atoms with Gasteiger partial charge in [-0.3, -0.25) is 9.36 Å². The van der Waals surface area contributed by atoms with Crippen LogP contribution in [0.15, 0.2) is 96.3 Å². The van der Waals surface area contributed by atoms with E-state index in [1.807, 2.05) is 65.2 Å². The number of hydrogen-bond acceptors (Lipinski definition) is 6. The van der Waals surface area contributed by atoms with Gasteiger partial charge in [-0.05, 0) is 29.8 Å². The van der Waals surface area contributed by atoms with Gasteiger partial charge in [0.15, 0.2) is 16.1 Å². The van der Waals surface area contributed by atoms with Gasteiger partial charge >= 0.3 is 0 Å². The molecular formula is C26H20FN5OS2. The molecule has 0 saturated heterocycles. The number of carbonyl (C=O) groups is 1. The molecule has 2 heterocycles. The van der Waals surface area contributed by atoms with Crippen LogP contribution < -0.4 is 5.32 Å². The fourth-order valence-electron chi connectivity index (χ4n) is 3.48. The highest BCUT2D eigenvalue weighted by atomic mass is 32.2. The van der Waals surface area contributed by atoms with Gasteiger partial charge in [0, 0.05) is 28.7 Å². The SMILES string of the molecule is O=C(CSc1nnc(-c2ccccc2)n1-c1ccccc1)Nc1ncc(Cc2ccc(F)cc2)s1. The first-order valence-electron chi connectivity index (χ1n) is 10.8. The molecule has 35 heavy (non-hydrogen) atoms. The molecule has 9 heteroatoms. The van der Waals surface area contributed by atoms with Crippen LogP contribution in [0.2, 0.25) is 0 Å². The van der Waals surface area contributed by atoms with Gasteiger partial charge < -0.3 is 5.32 Å². The molecule has 1 N–H and O–H groups in total. The number of rotatable bonds is 8. The number of amides is 1. The molecule has 5 rings (SSSR count). The van der Waals surface area contributed by atoms with E-state index in [4.69, 9.17) is 0 Å². The Morgan fingerprint density at radius 1 is 0.943 bits per heavy atom. The number of thioether (sulfide) groups is 1. The van der Waals surface area contributed by atoms with Crippen LogP contribution in [-0.2, 0) is 11.2 Å². The summed E-state index contributed by atoms with van der Waals surface area (Å²) in [5.41, 5.74) is 2.85. The second kappa shape index (κ2) is 10.6. The van der Waals surface area contributed by atoms with Crippen LogP contribution in [0.25, 0.3) is 17.1 Å². The summed E-state index contributed by atoms with van der Waals surface area (Å²) in [5, 5.41) is 12.8. The van der Waals surface area contributed by atoms with Gasteiger partial charge in [0.1, 0.15) is 5.82 Å². The van der Waals surface area contributed by atoms with E-state index in [2.05, 4.69) is 20.5 Å². The Balaban J connectivity index is 1.27. The van der Waals surface area contributed by atoms with Crippen molar-refractivity contribution in [2.45, 2.75) is 11.6 Å². The van der Waals surface area contributed by atoms with Crippen molar-refractivity contribution in [3.8, 4) is 17.1 Å². The lowest BCUT2D eigenvalue weighted by atomic mass is 10.1. The second-order valence-corrected chi connectivity index (χ2v) is 9.67. The molecule has 0 aliphatic carbocycles. The maximum Gasteiger partial charge on any atom is 0.236 e. The maximum absolute atomic E-state index is 13.1. The number of hydrogen-bond donors (Lipinski definition) is 1. The maximum atomic E-state index is 13.1. The van der Waals surface area contributed by atoms with E-state index in [1.54, 1.807) is 18.3 Å². The molecule has 0 fully saturated rings. The molecule has 1 amide bonds. The molecule has 0 aliphatic heterocycles. The van der Waals surface area contributed by atoms with Crippen molar-refractivity contribution in [2.75, 3.05) is 11.1 Å². The molecule has 0 unspecified atom stereocenters. The van der Waals surface area contributed by atoms with Crippen molar-refractivity contribution in [2.24, 2.45) is 0 Å². The number of nitrogens with zero attached hydrogens (tertiary/aromatic N) is 4. The number of benzene rings is 3. The van der Waals surface area contributed by atoms with Gasteiger partial charge in [-0.25, -0.2) is 9.37 Å². The molecular weight excluding hydrogens is 481 g/mol. The van der Waals surface area contributed by atoms with Crippen molar-refractivity contribution in [3.05, 3.63) is 107 Å². The Hall–Kier alpha value is -3.82. The van der Waals surface area contributed by atoms with Crippen LogP contribution in [-0.4, -0.2) is 31.4 Å². The summed E-state index contributed by atoms with van der Waals surface area (Å²) in [6.07, 6.45) is 2.36. The Morgan fingerprint density at radius 3 is 2.40 bits per heavy atom. The number of carbonyl (C=O) groups excluding carboxylic acids is 1. The normalized spacial score (nSPS) is 10.9. The van der Waals surface area contributed by atoms with Crippen LogP contribution in [0.5, 0.6) is 0 Å². The molecule has 5 aromatic rings. The van der Waals surface area contributed by atoms with E-state index in [-0.39, 0.29) is 17.5 Å². The van der Waals surface area contributed by atoms with Crippen LogP contribution in [0.1, 0.15) is 10.4 Å². The lowest BCUT2D eigenvalue weighted by Crippen LogP contribution is -2.14. The Labute approximate surface area is 209 Å². The van der Waals surface area contributed by atoms with Crippen molar-refractivity contribution in [1.29, 1.82) is 0 Å². The summed E-state index contributed by atoms with van der Waals surface area (Å²) < 4.78 is 15.1. The molecule has 0 radical (unpaired) electrons. The smallest absolute Gasteiger partial charge is 0.236 e. The first kappa shape index (κ1) is 22.9. The standard InChI is InChI=1S/C26H20FN5OS2/c27-20-13-11-18(12-14-20)15-22-16-28-25(35-22)29-23(33)17-34-26-31-30-24(19-7-3-1-4-8-19)32(26)21-9-5-2-6-10-21/h1-14,16H,15,17H2,(H,28,29,33). The number of para-hydroxylation sites is 1. The first-order chi connectivity index (χ1) is 17.2. The highest BCUT2D eigenvalue weighted by Crippen LogP contribution is 2.28. The highest BCUT2D eigenvalue weighted by molar-refractivity contribution is 7.99. The van der Waals surface area contributed by atoms with Gasteiger partial charge in [-0.2, -0.15) is 0 Å². The summed E-state index contributed by atoms with van der Waals surface area (Å²) in [7, 11) is 0. The van der Waals surface area contributed by atoms with Crippen molar-refractivity contribution < 1.29 is 9.18 Å². The zero-order valence-corrected chi connectivity index (χ0v) is 20.1. The van der Waals surface area contributed by atoms with E-state index in [0.717, 1.165) is 21.7 Å². The molecule has 0 saturated carbocycles. The van der Waals surface area contributed by atoms with Gasteiger partial charge in [0.25, 0.3) is 0 Å². The van der Waals surface area contributed by atoms with Gasteiger partial charge in [0.05, 0.1) is 5.75 Å². The molecule has 174 valence electrons. The average Bonchev–Trinajstić information content (AvgIpc) is 3.52. The van der Waals surface area contributed by atoms with Gasteiger partial charge in [0.2, 0.25) is 5.91 Å². The van der Waals surface area contributed by atoms with Crippen molar-refractivity contribution >= 4 is 34.1 Å². The molecule has 0 atom stereocenters. The summed E-state index contributed by atoms with van der Waals surface area (Å²) in [4.78, 5) is 17.9. The predicted molar refractivity (Wildman–Crippen MR) is 137 cm³/mol. The van der Waals surface area contributed by atoms with Crippen molar-refractivity contribution in [3.63, 3.8) is 0 Å². The monoisotopic (exact) mass is 501 g/mol. The molecule has 2 aromatic heterocycles. The first-order valence-corrected chi connectivity index (χ1v) is 12.6. The van der Waals surface area contributed by atoms with E-state index in [9.17, 15) is 9.18 Å². The third kappa shape index (κ3) is 5.64. The minimum atomic E-state index is -0.262. The molecule has 0 spiro atoms.